The standard InChI is InChI=1S/C29H32F2N8O2/c1-16(2)39-17(3)35-27-22(30)7-20(8-24(27)39)21-9-26(32-12-23(21)31)36-28-33-10-18(11-34-28)13-37-6-4-5-19-14-38(29(40)41)15-25(19)37/h7-12,16,19,25H,4-6,13-15H2,1-3H3,(H,40,41)(H,32,33,34,36)/t19-,25+/m1/s1. The van der Waals surface area contributed by atoms with Crippen LogP contribution in [0.1, 0.15) is 44.1 Å². The number of nitrogens with zero attached hydrogens (tertiary/aromatic N) is 7. The van der Waals surface area contributed by atoms with Crippen LogP contribution in [-0.2, 0) is 6.54 Å². The van der Waals surface area contributed by atoms with Gasteiger partial charge in [-0.05, 0) is 69.8 Å². The Bertz CT molecular complexity index is 1610. The molecule has 2 fully saturated rings. The first kappa shape index (κ1) is 27.0. The van der Waals surface area contributed by atoms with Gasteiger partial charge in [-0.15, -0.1) is 0 Å². The molecule has 41 heavy (non-hydrogen) atoms. The number of rotatable bonds is 6. The minimum Gasteiger partial charge on any atom is -0.465 e. The average molecular weight is 563 g/mol. The van der Waals surface area contributed by atoms with Crippen LogP contribution in [0.3, 0.4) is 0 Å². The third kappa shape index (κ3) is 5.19. The number of likely N-dealkylation sites (tertiary alicyclic amines) is 2. The number of nitrogens with one attached hydrogen (secondary N) is 1. The number of amides is 1. The molecule has 2 atom stereocenters. The van der Waals surface area contributed by atoms with Gasteiger partial charge in [0.15, 0.2) is 5.82 Å². The zero-order chi connectivity index (χ0) is 28.8. The normalized spacial score (nSPS) is 19.2. The van der Waals surface area contributed by atoms with E-state index in [0.717, 1.165) is 31.1 Å². The van der Waals surface area contributed by atoms with Gasteiger partial charge < -0.3 is 19.9 Å². The van der Waals surface area contributed by atoms with Gasteiger partial charge in [0.1, 0.15) is 23.0 Å². The lowest BCUT2D eigenvalue weighted by atomic mass is 9.92. The summed E-state index contributed by atoms with van der Waals surface area (Å²) in [7, 11) is 0. The number of pyridine rings is 1. The topological polar surface area (TPSA) is 112 Å². The van der Waals surface area contributed by atoms with Crippen molar-refractivity contribution in [1.82, 2.24) is 34.3 Å². The minimum atomic E-state index is -0.862. The van der Waals surface area contributed by atoms with Gasteiger partial charge in [-0.1, -0.05) is 0 Å². The summed E-state index contributed by atoms with van der Waals surface area (Å²) in [6.45, 7) is 8.45. The van der Waals surface area contributed by atoms with Gasteiger partial charge in [0, 0.05) is 55.2 Å². The lowest BCUT2D eigenvalue weighted by molar-refractivity contribution is 0.114. The van der Waals surface area contributed by atoms with Crippen LogP contribution in [0.25, 0.3) is 22.2 Å². The zero-order valence-corrected chi connectivity index (χ0v) is 23.2. The van der Waals surface area contributed by atoms with Crippen LogP contribution < -0.4 is 5.32 Å². The summed E-state index contributed by atoms with van der Waals surface area (Å²) in [4.78, 5) is 32.6. The van der Waals surface area contributed by atoms with Crippen molar-refractivity contribution in [2.24, 2.45) is 5.92 Å². The Morgan fingerprint density at radius 1 is 1.10 bits per heavy atom. The molecule has 0 saturated carbocycles. The molecule has 2 N–H and O–H groups in total. The fourth-order valence-electron chi connectivity index (χ4n) is 6.28. The molecule has 12 heteroatoms. The van der Waals surface area contributed by atoms with E-state index < -0.39 is 17.7 Å². The highest BCUT2D eigenvalue weighted by Crippen LogP contribution is 2.33. The summed E-state index contributed by atoms with van der Waals surface area (Å²) in [5.74, 6) is 0.564. The van der Waals surface area contributed by atoms with Gasteiger partial charge >= 0.3 is 6.09 Å². The van der Waals surface area contributed by atoms with E-state index >= 15 is 4.39 Å². The summed E-state index contributed by atoms with van der Waals surface area (Å²) in [6.07, 6.45) is 5.76. The summed E-state index contributed by atoms with van der Waals surface area (Å²) in [6, 6.07) is 4.81. The summed E-state index contributed by atoms with van der Waals surface area (Å²) in [5.41, 5.74) is 2.35. The molecule has 2 aliphatic rings. The number of hydrogen-bond acceptors (Lipinski definition) is 7. The predicted octanol–water partition coefficient (Wildman–Crippen LogP) is 5.37. The fourth-order valence-corrected chi connectivity index (χ4v) is 6.28. The molecule has 1 amide bonds. The molecule has 214 valence electrons. The van der Waals surface area contributed by atoms with Crippen molar-refractivity contribution in [2.45, 2.75) is 52.2 Å². The number of imidazole rings is 1. The number of anilines is 2. The van der Waals surface area contributed by atoms with E-state index in [-0.39, 0.29) is 23.2 Å². The van der Waals surface area contributed by atoms with E-state index in [4.69, 9.17) is 0 Å². The number of carboxylic acid groups (broad SMARTS) is 1. The largest absolute Gasteiger partial charge is 0.465 e. The van der Waals surface area contributed by atoms with Crippen molar-refractivity contribution in [3.05, 3.63) is 59.8 Å². The maximum atomic E-state index is 15.0. The maximum absolute atomic E-state index is 15.0. The second kappa shape index (κ2) is 10.7. The lowest BCUT2D eigenvalue weighted by Gasteiger charge is -2.36. The van der Waals surface area contributed by atoms with Crippen LogP contribution >= 0.6 is 0 Å². The monoisotopic (exact) mass is 562 g/mol. The highest BCUT2D eigenvalue weighted by molar-refractivity contribution is 5.84. The minimum absolute atomic E-state index is 0.0585. The zero-order valence-electron chi connectivity index (χ0n) is 23.2. The summed E-state index contributed by atoms with van der Waals surface area (Å²) in [5, 5.41) is 12.4. The number of aromatic nitrogens is 5. The first-order valence-corrected chi connectivity index (χ1v) is 13.8. The maximum Gasteiger partial charge on any atom is 0.407 e. The molecule has 5 heterocycles. The van der Waals surface area contributed by atoms with Crippen molar-refractivity contribution < 1.29 is 18.7 Å². The molecule has 0 spiro atoms. The fraction of sp³-hybridized carbons (Fsp3) is 0.414. The quantitative estimate of drug-likeness (QED) is 0.323. The van der Waals surface area contributed by atoms with E-state index in [2.05, 4.69) is 30.2 Å². The molecule has 0 radical (unpaired) electrons. The van der Waals surface area contributed by atoms with E-state index in [1.165, 1.54) is 17.0 Å². The Kier molecular flexibility index (Phi) is 7.02. The number of halogens is 2. The van der Waals surface area contributed by atoms with Crippen molar-refractivity contribution in [3.63, 3.8) is 0 Å². The average Bonchev–Trinajstić information content (AvgIpc) is 3.53. The van der Waals surface area contributed by atoms with Crippen LogP contribution in [0, 0.1) is 24.5 Å². The van der Waals surface area contributed by atoms with Gasteiger partial charge in [-0.25, -0.2) is 33.5 Å². The second-order valence-electron chi connectivity index (χ2n) is 11.2. The molecule has 2 aliphatic heterocycles. The molecule has 4 aromatic rings. The Hall–Kier alpha value is -4.19. The van der Waals surface area contributed by atoms with Crippen molar-refractivity contribution in [2.75, 3.05) is 25.0 Å². The van der Waals surface area contributed by atoms with Gasteiger partial charge in [-0.2, -0.15) is 0 Å². The predicted molar refractivity (Wildman–Crippen MR) is 150 cm³/mol. The Balaban J connectivity index is 1.19. The number of piperidine rings is 1. The number of fused-ring (bicyclic) bond motifs is 2. The molecule has 3 aromatic heterocycles. The number of hydrogen-bond donors (Lipinski definition) is 2. The Morgan fingerprint density at radius 3 is 2.61 bits per heavy atom. The Morgan fingerprint density at radius 2 is 1.88 bits per heavy atom. The molecule has 0 aliphatic carbocycles. The van der Waals surface area contributed by atoms with E-state index in [0.29, 0.717) is 54.2 Å². The second-order valence-corrected chi connectivity index (χ2v) is 11.2. The number of aryl methyl sites for hydroxylation is 1. The van der Waals surface area contributed by atoms with Crippen LogP contribution in [0.15, 0.2) is 36.8 Å². The lowest BCUT2D eigenvalue weighted by Crippen LogP contribution is -2.44. The van der Waals surface area contributed by atoms with Crippen molar-refractivity contribution in [3.8, 4) is 11.1 Å². The van der Waals surface area contributed by atoms with Crippen LogP contribution in [0.4, 0.5) is 25.3 Å². The van der Waals surface area contributed by atoms with Crippen LogP contribution in [0.5, 0.6) is 0 Å². The Labute approximate surface area is 236 Å². The summed E-state index contributed by atoms with van der Waals surface area (Å²) >= 11 is 0. The van der Waals surface area contributed by atoms with Gasteiger partial charge in [0.2, 0.25) is 5.95 Å². The molecule has 0 bridgehead atoms. The van der Waals surface area contributed by atoms with Gasteiger partial charge in [-0.3, -0.25) is 4.90 Å². The SMILES string of the molecule is Cc1nc2c(F)cc(-c3cc(Nc4ncc(CN5CCC[C@@H]6CN(C(=O)O)C[C@@H]65)cn4)ncc3F)cc2n1C(C)C. The molecule has 2 saturated heterocycles. The smallest absolute Gasteiger partial charge is 0.407 e. The molecular formula is C29H32F2N8O2. The first-order valence-electron chi connectivity index (χ1n) is 13.8. The van der Waals surface area contributed by atoms with Crippen molar-refractivity contribution in [1.29, 1.82) is 0 Å². The van der Waals surface area contributed by atoms with Crippen LogP contribution in [-0.4, -0.2) is 71.2 Å². The van der Waals surface area contributed by atoms with Crippen LogP contribution in [0.2, 0.25) is 0 Å². The molecule has 10 nitrogen and oxygen atoms in total. The van der Waals surface area contributed by atoms with Gasteiger partial charge in [0.25, 0.3) is 0 Å². The molecular weight excluding hydrogens is 530 g/mol. The number of carbonyl (C=O) groups is 1. The highest BCUT2D eigenvalue weighted by atomic mass is 19.1. The molecule has 6 rings (SSSR count). The third-order valence-corrected chi connectivity index (χ3v) is 8.10. The molecule has 0 unspecified atom stereocenters. The first-order chi connectivity index (χ1) is 19.7. The van der Waals surface area contributed by atoms with E-state index in [9.17, 15) is 14.3 Å². The van der Waals surface area contributed by atoms with E-state index in [1.54, 1.807) is 18.5 Å². The van der Waals surface area contributed by atoms with E-state index in [1.807, 2.05) is 25.3 Å². The highest BCUT2D eigenvalue weighted by Gasteiger charge is 2.40. The van der Waals surface area contributed by atoms with Crippen molar-refractivity contribution >= 4 is 28.9 Å². The van der Waals surface area contributed by atoms with Gasteiger partial charge in [0.05, 0.1) is 11.7 Å². The molecule has 1 aromatic carbocycles. The third-order valence-electron chi connectivity index (χ3n) is 8.10. The number of benzene rings is 1. The summed E-state index contributed by atoms with van der Waals surface area (Å²) < 4.78 is 31.9.